The monoisotopic (exact) mass is 401 g/mol. The normalized spacial score (nSPS) is 21.4. The number of hydrogen-bond acceptors (Lipinski definition) is 5. The molecule has 3 rings (SSSR count). The van der Waals surface area contributed by atoms with Crippen LogP contribution in [0.25, 0.3) is 0 Å². The van der Waals surface area contributed by atoms with Gasteiger partial charge in [-0.2, -0.15) is 0 Å². The van der Waals surface area contributed by atoms with E-state index in [-0.39, 0.29) is 16.6 Å². The number of rotatable bonds is 8. The lowest BCUT2D eigenvalue weighted by Crippen LogP contribution is -2.50. The van der Waals surface area contributed by atoms with E-state index in [0.29, 0.717) is 0 Å². The van der Waals surface area contributed by atoms with Gasteiger partial charge < -0.3 is 4.74 Å². The van der Waals surface area contributed by atoms with E-state index in [0.717, 1.165) is 44.7 Å². The Labute approximate surface area is 174 Å². The number of pyridine rings is 1. The van der Waals surface area contributed by atoms with Crippen LogP contribution >= 0.6 is 11.3 Å². The van der Waals surface area contributed by atoms with Gasteiger partial charge in [0.15, 0.2) is 0 Å². The molecule has 0 aromatic carbocycles. The van der Waals surface area contributed by atoms with Gasteiger partial charge in [-0.15, -0.1) is 11.3 Å². The van der Waals surface area contributed by atoms with Gasteiger partial charge in [-0.05, 0) is 79.0 Å². The summed E-state index contributed by atoms with van der Waals surface area (Å²) in [6.45, 7) is 16.2. The van der Waals surface area contributed by atoms with Crippen LogP contribution in [0.1, 0.15) is 63.7 Å². The van der Waals surface area contributed by atoms with Crippen molar-refractivity contribution in [2.45, 2.75) is 71.9 Å². The fourth-order valence-corrected chi connectivity index (χ4v) is 5.22. The van der Waals surface area contributed by atoms with E-state index in [1.165, 1.54) is 10.6 Å². The van der Waals surface area contributed by atoms with Crippen LogP contribution in [0, 0.1) is 12.3 Å². The molecule has 0 aliphatic carbocycles. The van der Waals surface area contributed by atoms with E-state index in [9.17, 15) is 0 Å². The molecule has 5 heteroatoms. The van der Waals surface area contributed by atoms with Crippen LogP contribution in [0.2, 0.25) is 0 Å². The van der Waals surface area contributed by atoms with Crippen LogP contribution in [0.5, 0.6) is 0 Å². The molecule has 2 aromatic heterocycles. The van der Waals surface area contributed by atoms with E-state index in [4.69, 9.17) is 4.74 Å². The summed E-state index contributed by atoms with van der Waals surface area (Å²) in [7, 11) is 0. The number of aryl methyl sites for hydroxylation is 2. The fraction of sp³-hybridized carbons (Fsp3) is 0.652. The third kappa shape index (κ3) is 4.17. The van der Waals surface area contributed by atoms with E-state index < -0.39 is 0 Å². The minimum Gasteiger partial charge on any atom is -0.375 e. The summed E-state index contributed by atoms with van der Waals surface area (Å²) in [5.74, 6) is 0. The van der Waals surface area contributed by atoms with Crippen molar-refractivity contribution in [1.29, 1.82) is 0 Å². The average Bonchev–Trinajstić information content (AvgIpc) is 3.31. The van der Waals surface area contributed by atoms with Gasteiger partial charge in [-0.3, -0.25) is 9.88 Å². The van der Waals surface area contributed by atoms with E-state index in [1.54, 1.807) is 11.3 Å². The minimum atomic E-state index is -0.171. The average molecular weight is 402 g/mol. The summed E-state index contributed by atoms with van der Waals surface area (Å²) in [5, 5.41) is 3.30. The van der Waals surface area contributed by atoms with Crippen LogP contribution in [0.15, 0.2) is 29.9 Å². The standard InChI is InChI=1S/C23H35N3OS/c1-7-27-22(5,6)23(11-10-20-24-13-15-28-20)12-14-26(17-23)21(3,4)19-9-8-18(2)25-16-19/h8-9,13,15-16H,7,10-12,14,17H2,1-6H3/t23-/m0/s1. The molecule has 1 saturated heterocycles. The first-order valence-electron chi connectivity index (χ1n) is 10.4. The number of nitrogens with zero attached hydrogens (tertiary/aromatic N) is 3. The fourth-order valence-electron chi connectivity index (χ4n) is 4.59. The number of aromatic nitrogens is 2. The summed E-state index contributed by atoms with van der Waals surface area (Å²) >= 11 is 1.76. The van der Waals surface area contributed by atoms with Crippen LogP contribution in [-0.4, -0.2) is 40.2 Å². The van der Waals surface area contributed by atoms with Crippen LogP contribution < -0.4 is 0 Å². The second kappa shape index (κ2) is 8.21. The highest BCUT2D eigenvalue weighted by molar-refractivity contribution is 7.09. The lowest BCUT2D eigenvalue weighted by molar-refractivity contribution is -0.109. The van der Waals surface area contributed by atoms with Gasteiger partial charge in [0.05, 0.1) is 10.6 Å². The number of hydrogen-bond donors (Lipinski definition) is 0. The third-order valence-electron chi connectivity index (χ3n) is 6.85. The Morgan fingerprint density at radius 1 is 1.21 bits per heavy atom. The number of thiazole rings is 1. The second-order valence-corrected chi connectivity index (χ2v) is 10.0. The highest BCUT2D eigenvalue weighted by Crippen LogP contribution is 2.49. The van der Waals surface area contributed by atoms with Crippen LogP contribution in [0.4, 0.5) is 0 Å². The molecular formula is C23H35N3OS. The molecule has 0 unspecified atom stereocenters. The first-order valence-corrected chi connectivity index (χ1v) is 11.3. The molecule has 0 radical (unpaired) electrons. The molecule has 1 aliphatic heterocycles. The molecule has 0 bridgehead atoms. The summed E-state index contributed by atoms with van der Waals surface area (Å²) in [5.41, 5.74) is 2.24. The summed E-state index contributed by atoms with van der Waals surface area (Å²) in [6, 6.07) is 4.35. The molecule has 28 heavy (non-hydrogen) atoms. The quantitative estimate of drug-likeness (QED) is 0.608. The van der Waals surface area contributed by atoms with Crippen molar-refractivity contribution in [3.63, 3.8) is 0 Å². The van der Waals surface area contributed by atoms with Crippen LogP contribution in [-0.2, 0) is 16.7 Å². The lowest BCUT2D eigenvalue weighted by atomic mass is 9.69. The highest BCUT2D eigenvalue weighted by atomic mass is 32.1. The first kappa shape index (κ1) is 21.4. The van der Waals surface area contributed by atoms with E-state index in [1.807, 2.05) is 19.3 Å². The Hall–Kier alpha value is -1.30. The van der Waals surface area contributed by atoms with Crippen molar-refractivity contribution in [2.24, 2.45) is 5.41 Å². The SMILES string of the molecule is CCOC(C)(C)[C@@]1(CCc2nccs2)CCN(C(C)(C)c2ccc(C)nc2)C1. The number of likely N-dealkylation sites (tertiary alicyclic amines) is 1. The summed E-state index contributed by atoms with van der Waals surface area (Å²) in [6.07, 6.45) is 7.22. The molecule has 0 amide bonds. The van der Waals surface area contributed by atoms with Gasteiger partial charge in [-0.25, -0.2) is 4.98 Å². The Morgan fingerprint density at radius 3 is 2.61 bits per heavy atom. The highest BCUT2D eigenvalue weighted by Gasteiger charge is 2.52. The maximum absolute atomic E-state index is 6.31. The molecule has 3 heterocycles. The smallest absolute Gasteiger partial charge is 0.0925 e. The molecule has 154 valence electrons. The Kier molecular flexibility index (Phi) is 6.28. The number of ether oxygens (including phenoxy) is 1. The molecule has 2 aromatic rings. The Balaban J connectivity index is 1.84. The Bertz CT molecular complexity index is 755. The maximum atomic E-state index is 6.31. The van der Waals surface area contributed by atoms with Gasteiger partial charge in [0, 0.05) is 47.6 Å². The molecule has 1 aliphatic rings. The topological polar surface area (TPSA) is 38.2 Å². The maximum Gasteiger partial charge on any atom is 0.0925 e. The largest absolute Gasteiger partial charge is 0.375 e. The van der Waals surface area contributed by atoms with Gasteiger partial charge in [0.1, 0.15) is 0 Å². The lowest BCUT2D eigenvalue weighted by Gasteiger charge is -2.46. The molecule has 0 N–H and O–H groups in total. The molecule has 1 fully saturated rings. The predicted octanol–water partition coefficient (Wildman–Crippen LogP) is 5.22. The summed E-state index contributed by atoms with van der Waals surface area (Å²) < 4.78 is 6.31. The van der Waals surface area contributed by atoms with Gasteiger partial charge >= 0.3 is 0 Å². The summed E-state index contributed by atoms with van der Waals surface area (Å²) in [4.78, 5) is 11.7. The van der Waals surface area contributed by atoms with Crippen molar-refractivity contribution in [1.82, 2.24) is 14.9 Å². The van der Waals surface area contributed by atoms with E-state index in [2.05, 4.69) is 67.0 Å². The van der Waals surface area contributed by atoms with E-state index >= 15 is 0 Å². The molecule has 1 atom stereocenters. The van der Waals surface area contributed by atoms with Gasteiger partial charge in [-0.1, -0.05) is 6.07 Å². The van der Waals surface area contributed by atoms with Crippen molar-refractivity contribution < 1.29 is 4.74 Å². The molecule has 0 spiro atoms. The van der Waals surface area contributed by atoms with Gasteiger partial charge in [0.25, 0.3) is 0 Å². The molecular weight excluding hydrogens is 366 g/mol. The molecule has 4 nitrogen and oxygen atoms in total. The van der Waals surface area contributed by atoms with Crippen molar-refractivity contribution >= 4 is 11.3 Å². The van der Waals surface area contributed by atoms with Crippen molar-refractivity contribution in [3.8, 4) is 0 Å². The predicted molar refractivity (Wildman–Crippen MR) is 117 cm³/mol. The Morgan fingerprint density at radius 2 is 2.00 bits per heavy atom. The zero-order valence-corrected chi connectivity index (χ0v) is 19.1. The zero-order valence-electron chi connectivity index (χ0n) is 18.3. The molecule has 0 saturated carbocycles. The second-order valence-electron chi connectivity index (χ2n) is 9.07. The zero-order chi connectivity index (χ0) is 20.4. The van der Waals surface area contributed by atoms with Crippen LogP contribution in [0.3, 0.4) is 0 Å². The third-order valence-corrected chi connectivity index (χ3v) is 7.68. The first-order chi connectivity index (χ1) is 13.2. The van der Waals surface area contributed by atoms with Gasteiger partial charge in [0.2, 0.25) is 0 Å². The van der Waals surface area contributed by atoms with Crippen molar-refractivity contribution in [2.75, 3.05) is 19.7 Å². The minimum absolute atomic E-state index is 0.0497. The van der Waals surface area contributed by atoms with Crippen molar-refractivity contribution in [3.05, 3.63) is 46.2 Å².